The molecular weight excluding hydrogens is 371 g/mol. The molecule has 0 radical (unpaired) electrons. The Morgan fingerprint density at radius 2 is 1.79 bits per heavy atom. The van der Waals surface area contributed by atoms with E-state index in [-0.39, 0.29) is 11.4 Å². The Morgan fingerprint density at radius 3 is 2.31 bits per heavy atom. The first-order valence-electron chi connectivity index (χ1n) is 10.0. The van der Waals surface area contributed by atoms with Gasteiger partial charge in [-0.3, -0.25) is 9.69 Å². The van der Waals surface area contributed by atoms with E-state index in [0.29, 0.717) is 30.6 Å². The minimum atomic E-state index is -0.618. The van der Waals surface area contributed by atoms with E-state index in [4.69, 9.17) is 4.74 Å². The summed E-state index contributed by atoms with van der Waals surface area (Å²) in [5.74, 6) is -0.317. The smallest absolute Gasteiger partial charge is 0.414 e. The van der Waals surface area contributed by atoms with Gasteiger partial charge in [0.15, 0.2) is 0 Å². The summed E-state index contributed by atoms with van der Waals surface area (Å²) in [6.07, 6.45) is 1.28. The first-order valence-corrected chi connectivity index (χ1v) is 10.0. The van der Waals surface area contributed by atoms with Crippen LogP contribution < -0.4 is 10.5 Å². The third kappa shape index (κ3) is 5.68. The van der Waals surface area contributed by atoms with E-state index in [2.05, 4.69) is 0 Å². The molecule has 2 rings (SSSR count). The summed E-state index contributed by atoms with van der Waals surface area (Å²) in [6, 6.07) is 7.88. The van der Waals surface area contributed by atoms with Gasteiger partial charge in [0.05, 0.1) is 5.69 Å². The van der Waals surface area contributed by atoms with Gasteiger partial charge in [-0.05, 0) is 57.4 Å². The van der Waals surface area contributed by atoms with Crippen molar-refractivity contribution in [2.45, 2.75) is 59.5 Å². The molecule has 0 aliphatic carbocycles. The number of aromatic nitrogens is 1. The number of carbonyl (C=O) groups excluding carboxylic acids is 1. The van der Waals surface area contributed by atoms with E-state index in [0.717, 1.165) is 17.7 Å². The van der Waals surface area contributed by atoms with Gasteiger partial charge >= 0.3 is 6.09 Å². The van der Waals surface area contributed by atoms with Crippen LogP contribution in [0.2, 0.25) is 0 Å². The number of rotatable bonds is 6. The Morgan fingerprint density at radius 1 is 1.17 bits per heavy atom. The zero-order chi connectivity index (χ0) is 21.8. The van der Waals surface area contributed by atoms with Crippen molar-refractivity contribution in [3.63, 3.8) is 0 Å². The average Bonchev–Trinajstić information content (AvgIpc) is 2.64. The van der Waals surface area contributed by atoms with E-state index < -0.39 is 11.7 Å². The van der Waals surface area contributed by atoms with Crippen molar-refractivity contribution >= 4 is 11.8 Å². The number of amides is 1. The maximum atomic E-state index is 13.2. The first-order chi connectivity index (χ1) is 13.6. The number of nitrogens with zero attached hydrogens (tertiary/aromatic N) is 2. The number of benzene rings is 1. The normalized spacial score (nSPS) is 11.4. The number of halogens is 1. The van der Waals surface area contributed by atoms with Crippen LogP contribution in [0.3, 0.4) is 0 Å². The molecule has 1 heterocycles. The third-order valence-electron chi connectivity index (χ3n) is 4.59. The summed E-state index contributed by atoms with van der Waals surface area (Å²) in [7, 11) is 1.72. The van der Waals surface area contributed by atoms with E-state index in [9.17, 15) is 14.0 Å². The molecule has 1 aromatic heterocycles. The van der Waals surface area contributed by atoms with Crippen molar-refractivity contribution < 1.29 is 13.9 Å². The van der Waals surface area contributed by atoms with Gasteiger partial charge in [-0.2, -0.15) is 0 Å². The highest BCUT2D eigenvalue weighted by atomic mass is 19.1. The fourth-order valence-corrected chi connectivity index (χ4v) is 3.27. The maximum Gasteiger partial charge on any atom is 0.414 e. The van der Waals surface area contributed by atoms with Crippen molar-refractivity contribution in [1.82, 2.24) is 4.57 Å². The molecule has 0 aliphatic rings. The van der Waals surface area contributed by atoms with Crippen molar-refractivity contribution in [2.75, 3.05) is 11.4 Å². The largest absolute Gasteiger partial charge is 0.443 e. The van der Waals surface area contributed by atoms with Crippen LogP contribution >= 0.6 is 0 Å². The molecule has 0 N–H and O–H groups in total. The summed E-state index contributed by atoms with van der Waals surface area (Å²) in [4.78, 5) is 27.4. The second-order valence-electron chi connectivity index (χ2n) is 8.15. The minimum Gasteiger partial charge on any atom is -0.443 e. The Hall–Kier alpha value is -2.63. The standard InChI is InChI=1S/C23H31FN2O3/c1-7-13-26(22(28)29-23(3,4)5)20-15-17(21(27)25(6)19(20)8-2)14-16-9-11-18(24)12-10-16/h9-12,15H,7-8,13-14H2,1-6H3. The van der Waals surface area contributed by atoms with Crippen LogP contribution in [0, 0.1) is 5.82 Å². The van der Waals surface area contributed by atoms with Gasteiger partial charge in [0, 0.05) is 31.3 Å². The highest BCUT2D eigenvalue weighted by Gasteiger charge is 2.26. The SMILES string of the molecule is CCCN(C(=O)OC(C)(C)C)c1cc(Cc2ccc(F)cc2)c(=O)n(C)c1CC. The van der Waals surface area contributed by atoms with Crippen molar-refractivity contribution in [3.8, 4) is 0 Å². The second kappa shape index (κ2) is 9.25. The summed E-state index contributed by atoms with van der Waals surface area (Å²) < 4.78 is 20.4. The molecule has 2 aromatic rings. The predicted molar refractivity (Wildman–Crippen MR) is 114 cm³/mol. The molecule has 0 spiro atoms. The van der Waals surface area contributed by atoms with Gasteiger partial charge in [-0.1, -0.05) is 26.0 Å². The molecule has 0 bridgehead atoms. The number of ether oxygens (including phenoxy) is 1. The lowest BCUT2D eigenvalue weighted by Gasteiger charge is -2.29. The van der Waals surface area contributed by atoms with Crippen LogP contribution in [0.4, 0.5) is 14.9 Å². The first kappa shape index (κ1) is 22.7. The number of pyridine rings is 1. The number of anilines is 1. The lowest BCUT2D eigenvalue weighted by molar-refractivity contribution is 0.0580. The molecule has 5 nitrogen and oxygen atoms in total. The number of hydrogen-bond acceptors (Lipinski definition) is 3. The molecule has 6 heteroatoms. The topological polar surface area (TPSA) is 51.5 Å². The minimum absolute atomic E-state index is 0.115. The van der Waals surface area contributed by atoms with Crippen molar-refractivity contribution in [1.29, 1.82) is 0 Å². The summed E-state index contributed by atoms with van der Waals surface area (Å²) in [6.45, 7) is 9.92. The van der Waals surface area contributed by atoms with Crippen LogP contribution in [0.5, 0.6) is 0 Å². The quantitative estimate of drug-likeness (QED) is 0.695. The van der Waals surface area contributed by atoms with Gasteiger partial charge in [-0.25, -0.2) is 9.18 Å². The summed E-state index contributed by atoms with van der Waals surface area (Å²) >= 11 is 0. The van der Waals surface area contributed by atoms with E-state index in [1.54, 1.807) is 34.7 Å². The predicted octanol–water partition coefficient (Wildman–Crippen LogP) is 4.83. The molecule has 0 saturated heterocycles. The molecule has 158 valence electrons. The van der Waals surface area contributed by atoms with Gasteiger partial charge < -0.3 is 9.30 Å². The highest BCUT2D eigenvalue weighted by Crippen LogP contribution is 2.25. The molecule has 0 atom stereocenters. The molecule has 29 heavy (non-hydrogen) atoms. The van der Waals surface area contributed by atoms with E-state index >= 15 is 0 Å². The Labute approximate surface area is 172 Å². The number of hydrogen-bond donors (Lipinski definition) is 0. The Bertz CT molecular complexity index is 911. The van der Waals surface area contributed by atoms with Crippen molar-refractivity contribution in [3.05, 3.63) is 63.3 Å². The second-order valence-corrected chi connectivity index (χ2v) is 8.15. The van der Waals surface area contributed by atoms with Crippen LogP contribution in [-0.4, -0.2) is 22.8 Å². The molecule has 0 unspecified atom stereocenters. The van der Waals surface area contributed by atoms with E-state index in [1.165, 1.54) is 12.1 Å². The zero-order valence-corrected chi connectivity index (χ0v) is 18.2. The monoisotopic (exact) mass is 402 g/mol. The van der Waals surface area contributed by atoms with Gasteiger partial charge in [0.25, 0.3) is 5.56 Å². The van der Waals surface area contributed by atoms with Gasteiger partial charge in [-0.15, -0.1) is 0 Å². The van der Waals surface area contributed by atoms with Crippen LogP contribution in [0.15, 0.2) is 35.1 Å². The van der Waals surface area contributed by atoms with E-state index in [1.807, 2.05) is 34.6 Å². The molecular formula is C23H31FN2O3. The lowest BCUT2D eigenvalue weighted by atomic mass is 10.0. The average molecular weight is 403 g/mol. The van der Waals surface area contributed by atoms with Gasteiger partial charge in [0.2, 0.25) is 0 Å². The molecule has 1 aromatic carbocycles. The molecule has 0 saturated carbocycles. The summed E-state index contributed by atoms with van der Waals surface area (Å²) in [5, 5.41) is 0. The molecule has 1 amide bonds. The van der Waals surface area contributed by atoms with Crippen LogP contribution in [0.1, 0.15) is 57.9 Å². The van der Waals surface area contributed by atoms with Crippen LogP contribution in [0.25, 0.3) is 0 Å². The van der Waals surface area contributed by atoms with Gasteiger partial charge in [0.1, 0.15) is 11.4 Å². The number of carbonyl (C=O) groups is 1. The van der Waals surface area contributed by atoms with Crippen LogP contribution in [-0.2, 0) is 24.6 Å². The van der Waals surface area contributed by atoms with Crippen molar-refractivity contribution in [2.24, 2.45) is 7.05 Å². The fraction of sp³-hybridized carbons (Fsp3) is 0.478. The summed E-state index contributed by atoms with van der Waals surface area (Å²) in [5.41, 5.74) is 2.11. The zero-order valence-electron chi connectivity index (χ0n) is 18.2. The third-order valence-corrected chi connectivity index (χ3v) is 4.59. The molecule has 0 fully saturated rings. The Kier molecular flexibility index (Phi) is 7.22. The fourth-order valence-electron chi connectivity index (χ4n) is 3.27. The maximum absolute atomic E-state index is 13.2. The lowest BCUT2D eigenvalue weighted by Crippen LogP contribution is -2.39. The molecule has 0 aliphatic heterocycles. The highest BCUT2D eigenvalue weighted by molar-refractivity contribution is 5.88. The Balaban J connectivity index is 2.55.